The molecule has 0 bridgehead atoms. The quantitative estimate of drug-likeness (QED) is 0.641. The number of rotatable bonds is 2. The number of benzene rings is 1. The summed E-state index contributed by atoms with van der Waals surface area (Å²) in [6.07, 6.45) is 1.03. The molecule has 0 saturated carbocycles. The van der Waals surface area contributed by atoms with Crippen LogP contribution in [0, 0.1) is 11.7 Å². The Labute approximate surface area is 94.5 Å². The third-order valence-corrected chi connectivity index (χ3v) is 1.56. The van der Waals surface area contributed by atoms with Crippen LogP contribution in [-0.4, -0.2) is 0 Å². The van der Waals surface area contributed by atoms with Crippen LogP contribution in [0.3, 0.4) is 0 Å². The summed E-state index contributed by atoms with van der Waals surface area (Å²) in [6, 6.07) is 6.71. The van der Waals surface area contributed by atoms with Gasteiger partial charge >= 0.3 is 0 Å². The highest BCUT2D eigenvalue weighted by Crippen LogP contribution is 2.08. The van der Waals surface area contributed by atoms with Crippen LogP contribution < -0.4 is 0 Å². The third-order valence-electron chi connectivity index (χ3n) is 1.56. The molecule has 1 rings (SSSR count). The van der Waals surface area contributed by atoms with E-state index in [1.807, 2.05) is 39.8 Å². The molecular weight excluding hydrogens is 187 g/mol. The van der Waals surface area contributed by atoms with Crippen molar-refractivity contribution in [1.82, 2.24) is 0 Å². The molecule has 0 heterocycles. The fraction of sp³-hybridized carbons (Fsp3) is 0.571. The Morgan fingerprint density at radius 1 is 0.933 bits per heavy atom. The smallest absolute Gasteiger partial charge is 0.123 e. The molecule has 0 unspecified atom stereocenters. The van der Waals surface area contributed by atoms with Crippen molar-refractivity contribution in [1.29, 1.82) is 0 Å². The van der Waals surface area contributed by atoms with E-state index in [-0.39, 0.29) is 5.82 Å². The van der Waals surface area contributed by atoms with Gasteiger partial charge in [0.25, 0.3) is 0 Å². The first kappa shape index (κ1) is 16.6. The van der Waals surface area contributed by atoms with Crippen LogP contribution >= 0.6 is 0 Å². The summed E-state index contributed by atoms with van der Waals surface area (Å²) in [5, 5.41) is 0. The fourth-order valence-corrected chi connectivity index (χ4v) is 1.09. The van der Waals surface area contributed by atoms with Crippen molar-refractivity contribution in [2.24, 2.45) is 5.92 Å². The molecule has 15 heavy (non-hydrogen) atoms. The third kappa shape index (κ3) is 9.45. The molecule has 0 radical (unpaired) electrons. The van der Waals surface area contributed by atoms with Gasteiger partial charge in [0.15, 0.2) is 0 Å². The molecule has 1 aromatic rings. The van der Waals surface area contributed by atoms with Crippen LogP contribution in [0.2, 0.25) is 0 Å². The van der Waals surface area contributed by atoms with Crippen molar-refractivity contribution in [3.05, 3.63) is 35.6 Å². The molecule has 0 fully saturated rings. The van der Waals surface area contributed by atoms with E-state index in [1.54, 1.807) is 0 Å². The van der Waals surface area contributed by atoms with E-state index < -0.39 is 0 Å². The van der Waals surface area contributed by atoms with E-state index in [0.29, 0.717) is 5.92 Å². The van der Waals surface area contributed by atoms with Gasteiger partial charge in [-0.25, -0.2) is 4.39 Å². The first-order valence-corrected chi connectivity index (χ1v) is 5.93. The van der Waals surface area contributed by atoms with Crippen molar-refractivity contribution in [2.45, 2.75) is 48.0 Å². The van der Waals surface area contributed by atoms with Crippen molar-refractivity contribution in [2.75, 3.05) is 0 Å². The first-order valence-electron chi connectivity index (χ1n) is 5.93. The molecule has 1 aromatic carbocycles. The van der Waals surface area contributed by atoms with Crippen LogP contribution in [-0.2, 0) is 6.42 Å². The Morgan fingerprint density at radius 2 is 1.33 bits per heavy atom. The van der Waals surface area contributed by atoms with E-state index in [4.69, 9.17) is 0 Å². The molecule has 0 spiro atoms. The van der Waals surface area contributed by atoms with Gasteiger partial charge in [-0.3, -0.25) is 0 Å². The Morgan fingerprint density at radius 3 is 1.67 bits per heavy atom. The molecule has 0 saturated heterocycles. The second kappa shape index (κ2) is 11.2. The molecule has 0 aliphatic heterocycles. The van der Waals surface area contributed by atoms with Crippen LogP contribution in [0.5, 0.6) is 0 Å². The molecule has 0 atom stereocenters. The second-order valence-electron chi connectivity index (χ2n) is 3.22. The average Bonchev–Trinajstić information content (AvgIpc) is 2.27. The summed E-state index contributed by atoms with van der Waals surface area (Å²) in [7, 11) is 0. The molecule has 1 heteroatoms. The largest absolute Gasteiger partial charge is 0.207 e. The Bertz CT molecular complexity index is 211. The zero-order valence-electron chi connectivity index (χ0n) is 11.0. The highest BCUT2D eigenvalue weighted by Gasteiger charge is 1.96. The van der Waals surface area contributed by atoms with Gasteiger partial charge in [-0.1, -0.05) is 53.7 Å². The van der Waals surface area contributed by atoms with Crippen molar-refractivity contribution in [3.63, 3.8) is 0 Å². The lowest BCUT2D eigenvalue weighted by molar-refractivity contribution is 0.620. The lowest BCUT2D eigenvalue weighted by Gasteiger charge is -2.03. The summed E-state index contributed by atoms with van der Waals surface area (Å²) >= 11 is 0. The van der Waals surface area contributed by atoms with E-state index in [1.165, 1.54) is 17.7 Å². The van der Waals surface area contributed by atoms with E-state index in [2.05, 4.69) is 13.8 Å². The monoisotopic (exact) mass is 212 g/mol. The SMILES string of the molecule is CC.CC.CC(C)Cc1ccc(F)cc1. The summed E-state index contributed by atoms with van der Waals surface area (Å²) in [4.78, 5) is 0. The Kier molecular flexibility index (Phi) is 12.4. The van der Waals surface area contributed by atoms with Gasteiger partial charge < -0.3 is 0 Å². The molecule has 88 valence electrons. The van der Waals surface area contributed by atoms with Crippen LogP contribution in [0.25, 0.3) is 0 Å². The number of halogens is 1. The average molecular weight is 212 g/mol. The predicted molar refractivity (Wildman–Crippen MR) is 67.6 cm³/mol. The molecule has 0 amide bonds. The highest BCUT2D eigenvalue weighted by molar-refractivity contribution is 5.16. The Hall–Kier alpha value is -0.850. The van der Waals surface area contributed by atoms with Crippen LogP contribution in [0.15, 0.2) is 24.3 Å². The lowest BCUT2D eigenvalue weighted by atomic mass is 10.0. The normalized spacial score (nSPS) is 8.53. The van der Waals surface area contributed by atoms with Gasteiger partial charge in [0.1, 0.15) is 5.82 Å². The minimum Gasteiger partial charge on any atom is -0.207 e. The molecule has 0 nitrogen and oxygen atoms in total. The topological polar surface area (TPSA) is 0 Å². The maximum absolute atomic E-state index is 12.4. The van der Waals surface area contributed by atoms with E-state index >= 15 is 0 Å². The first-order chi connectivity index (χ1) is 7.18. The summed E-state index contributed by atoms with van der Waals surface area (Å²) in [5.74, 6) is 0.484. The Balaban J connectivity index is 0. The summed E-state index contributed by atoms with van der Waals surface area (Å²) < 4.78 is 12.4. The maximum Gasteiger partial charge on any atom is 0.123 e. The molecule has 0 N–H and O–H groups in total. The molecular formula is C14H25F. The van der Waals surface area contributed by atoms with Gasteiger partial charge in [0.2, 0.25) is 0 Å². The lowest BCUT2D eigenvalue weighted by Crippen LogP contribution is -1.93. The molecule has 0 aliphatic rings. The van der Waals surface area contributed by atoms with Crippen molar-refractivity contribution in [3.8, 4) is 0 Å². The van der Waals surface area contributed by atoms with E-state index in [9.17, 15) is 4.39 Å². The molecule has 0 aromatic heterocycles. The van der Waals surface area contributed by atoms with Gasteiger partial charge in [-0.15, -0.1) is 0 Å². The zero-order chi connectivity index (χ0) is 12.3. The van der Waals surface area contributed by atoms with Gasteiger partial charge in [-0.05, 0) is 30.0 Å². The summed E-state index contributed by atoms with van der Waals surface area (Å²) in [6.45, 7) is 12.3. The zero-order valence-corrected chi connectivity index (χ0v) is 11.0. The number of hydrogen-bond acceptors (Lipinski definition) is 0. The number of hydrogen-bond donors (Lipinski definition) is 0. The minimum atomic E-state index is -0.155. The van der Waals surface area contributed by atoms with Crippen molar-refractivity contribution >= 4 is 0 Å². The van der Waals surface area contributed by atoms with Gasteiger partial charge in [0.05, 0.1) is 0 Å². The van der Waals surface area contributed by atoms with Gasteiger partial charge in [0, 0.05) is 0 Å². The maximum atomic E-state index is 12.4. The predicted octanol–water partition coefficient (Wildman–Crippen LogP) is 5.08. The second-order valence-corrected chi connectivity index (χ2v) is 3.22. The van der Waals surface area contributed by atoms with Gasteiger partial charge in [-0.2, -0.15) is 0 Å². The standard InChI is InChI=1S/C10H13F.2C2H6/c1-8(2)7-9-3-5-10(11)6-4-9;2*1-2/h3-6,8H,7H2,1-2H3;2*1-2H3. The van der Waals surface area contributed by atoms with E-state index in [0.717, 1.165) is 6.42 Å². The minimum absolute atomic E-state index is 0.155. The van der Waals surface area contributed by atoms with Crippen LogP contribution in [0.4, 0.5) is 4.39 Å². The molecule has 0 aliphatic carbocycles. The van der Waals surface area contributed by atoms with Crippen molar-refractivity contribution < 1.29 is 4.39 Å². The summed E-state index contributed by atoms with van der Waals surface area (Å²) in [5.41, 5.74) is 1.21. The fourth-order valence-electron chi connectivity index (χ4n) is 1.09. The van der Waals surface area contributed by atoms with Crippen LogP contribution in [0.1, 0.15) is 47.1 Å². The highest BCUT2D eigenvalue weighted by atomic mass is 19.1.